The van der Waals surface area contributed by atoms with Crippen molar-refractivity contribution < 1.29 is 48.7 Å². The number of hydrogen-bond donors (Lipinski definition) is 4. The van der Waals surface area contributed by atoms with Gasteiger partial charge in [0.1, 0.15) is 0 Å². The fourth-order valence-electron chi connectivity index (χ4n) is 0. The first-order chi connectivity index (χ1) is 2.00. The largest absolute Gasteiger partial charge is 1.00 e. The van der Waals surface area contributed by atoms with Crippen LogP contribution >= 0.6 is 0 Å². The molecule has 0 spiro atoms. The molecule has 4 nitrogen and oxygen atoms in total. The molecule has 0 heterocycles. The zero-order valence-electron chi connectivity index (χ0n) is 3.29. The average molecular weight is 134 g/mol. The second-order valence-corrected chi connectivity index (χ2v) is 1.80. The van der Waals surface area contributed by atoms with Crippen LogP contribution in [0.25, 0.3) is 0 Å². The van der Waals surface area contributed by atoms with E-state index in [-0.39, 0.29) is 38.0 Å². The van der Waals surface area contributed by atoms with Gasteiger partial charge in [0, 0.05) is 0 Å². The van der Waals surface area contributed by atoms with E-state index in [0.29, 0.717) is 0 Å². The molecule has 0 unspecified atom stereocenters. The fraction of sp³-hybridized carbons (Fsp3) is 0. The van der Waals surface area contributed by atoms with E-state index in [1.807, 2.05) is 0 Å². The maximum Gasteiger partial charge on any atom is 1.00 e. The Labute approximate surface area is 66.2 Å². The quantitative estimate of drug-likeness (QED) is 0.248. The summed E-state index contributed by atoms with van der Waals surface area (Å²) in [5, 5.41) is 0. The van der Waals surface area contributed by atoms with Crippen LogP contribution in [0.4, 0.5) is 0 Å². The van der Waals surface area contributed by atoms with Crippen molar-refractivity contribution >= 4 is 17.5 Å². The van der Waals surface area contributed by atoms with Crippen LogP contribution in [0, 0.1) is 0 Å². The van der Waals surface area contributed by atoms with Gasteiger partial charge >= 0.3 is 38.6 Å². The summed E-state index contributed by atoms with van der Waals surface area (Å²) >= 11 is 0. The molecule has 7 heavy (non-hydrogen) atoms. The molecule has 40 valence electrons. The Hall–Kier alpha value is 1.12. The van der Waals surface area contributed by atoms with Crippen molar-refractivity contribution in [1.29, 1.82) is 0 Å². The van der Waals surface area contributed by atoms with E-state index >= 15 is 0 Å². The van der Waals surface area contributed by atoms with Crippen LogP contribution in [-0.2, 0) is 0 Å². The molecule has 0 aromatic rings. The van der Waals surface area contributed by atoms with Crippen LogP contribution in [0.5, 0.6) is 0 Å². The zero-order chi connectivity index (χ0) is 4.50. The average Bonchev–Trinajstić information content (AvgIpc) is 0.722. The Morgan fingerprint density at radius 3 is 0.857 bits per heavy atom. The van der Waals surface area contributed by atoms with Gasteiger partial charge in [-0.2, -0.15) is 0 Å². The van der Waals surface area contributed by atoms with Gasteiger partial charge in [-0.05, 0) is 0 Å². The van der Waals surface area contributed by atoms with Crippen LogP contribution in [0.3, 0.4) is 0 Å². The predicted molar refractivity (Wildman–Crippen MR) is 26.0 cm³/mol. The smallest absolute Gasteiger partial charge is 0.368 e. The molecule has 0 saturated heterocycles. The van der Waals surface area contributed by atoms with E-state index in [2.05, 4.69) is 0 Å². The van der Waals surface area contributed by atoms with Gasteiger partial charge in [0.05, 0.1) is 0 Å². The molecular weight excluding hydrogens is 126 g/mol. The minimum atomic E-state index is -4.61. The molecule has 0 saturated carbocycles. The van der Waals surface area contributed by atoms with Gasteiger partial charge in [0.15, 0.2) is 0 Å². The molecule has 7 heteroatoms. The van der Waals surface area contributed by atoms with Gasteiger partial charge in [-0.25, -0.2) is 0 Å². The van der Waals surface area contributed by atoms with Crippen LogP contribution in [-0.4, -0.2) is 36.6 Å². The molecule has 0 aromatic heterocycles. The van der Waals surface area contributed by atoms with E-state index < -0.39 is 9.05 Å². The third-order valence-electron chi connectivity index (χ3n) is 0. The SMILES string of the molecule is O[Si](O)(O)O.[BH4-].[Na+]. The van der Waals surface area contributed by atoms with Crippen LogP contribution < -0.4 is 29.6 Å². The first kappa shape index (κ1) is 15.7. The number of hydrogen-bond acceptors (Lipinski definition) is 4. The van der Waals surface area contributed by atoms with E-state index in [9.17, 15) is 0 Å². The molecule has 0 aliphatic carbocycles. The third-order valence-corrected chi connectivity index (χ3v) is 0. The monoisotopic (exact) mass is 134 g/mol. The van der Waals surface area contributed by atoms with Gasteiger partial charge in [-0.1, -0.05) is 8.41 Å². The molecule has 0 amide bonds. The van der Waals surface area contributed by atoms with E-state index in [1.165, 1.54) is 0 Å². The van der Waals surface area contributed by atoms with Crippen molar-refractivity contribution in [3.8, 4) is 0 Å². The maximum absolute atomic E-state index is 7.33. The summed E-state index contributed by atoms with van der Waals surface area (Å²) in [5.74, 6) is 0. The second kappa shape index (κ2) is 5.26. The second-order valence-electron chi connectivity index (χ2n) is 0.600. The van der Waals surface area contributed by atoms with Crippen LogP contribution in [0.1, 0.15) is 0 Å². The van der Waals surface area contributed by atoms with Gasteiger partial charge in [0.2, 0.25) is 0 Å². The molecule has 0 rings (SSSR count). The summed E-state index contributed by atoms with van der Waals surface area (Å²) < 4.78 is 0. The predicted octanol–water partition coefficient (Wildman–Crippen LogP) is -7.06. The summed E-state index contributed by atoms with van der Waals surface area (Å²) in [7, 11) is -4.61. The van der Waals surface area contributed by atoms with E-state index in [4.69, 9.17) is 19.2 Å². The van der Waals surface area contributed by atoms with Gasteiger partial charge in [0.25, 0.3) is 0 Å². The van der Waals surface area contributed by atoms with Crippen molar-refractivity contribution in [1.82, 2.24) is 0 Å². The van der Waals surface area contributed by atoms with Gasteiger partial charge in [-0.3, -0.25) is 0 Å². The zero-order valence-corrected chi connectivity index (χ0v) is 6.29. The third kappa shape index (κ3) is 148. The Balaban J connectivity index is -0.0000000800. The van der Waals surface area contributed by atoms with Crippen LogP contribution in [0.2, 0.25) is 0 Å². The number of rotatable bonds is 0. The van der Waals surface area contributed by atoms with Crippen molar-refractivity contribution in [2.24, 2.45) is 0 Å². The van der Waals surface area contributed by atoms with E-state index in [1.54, 1.807) is 0 Å². The normalized spacial score (nSPS) is 8.57. The molecule has 0 atom stereocenters. The van der Waals surface area contributed by atoms with Crippen molar-refractivity contribution in [3.05, 3.63) is 0 Å². The standard InChI is InChI=1S/BH4.Na.H4O4Si/c;;1-5(2,3)4/h1H4;;1-4H/q-1;+1;. The molecule has 0 fully saturated rings. The topological polar surface area (TPSA) is 80.9 Å². The summed E-state index contributed by atoms with van der Waals surface area (Å²) in [6.45, 7) is 0. The van der Waals surface area contributed by atoms with E-state index in [0.717, 1.165) is 0 Å². The Kier molecular flexibility index (Phi) is 11.8. The Morgan fingerprint density at radius 2 is 0.857 bits per heavy atom. The van der Waals surface area contributed by atoms with Crippen molar-refractivity contribution in [2.45, 2.75) is 0 Å². The van der Waals surface area contributed by atoms with Gasteiger partial charge in [-0.15, -0.1) is 0 Å². The summed E-state index contributed by atoms with van der Waals surface area (Å²) in [4.78, 5) is 29.3. The molecule has 0 aliphatic rings. The minimum absolute atomic E-state index is 0. The molecule has 0 radical (unpaired) electrons. The molecule has 4 N–H and O–H groups in total. The maximum atomic E-state index is 7.33. The Bertz CT molecular complexity index is 27.2. The summed E-state index contributed by atoms with van der Waals surface area (Å²) in [6, 6.07) is 0. The molecule has 0 aromatic carbocycles. The molecule has 0 aliphatic heterocycles. The Morgan fingerprint density at radius 1 is 0.857 bits per heavy atom. The minimum Gasteiger partial charge on any atom is -0.368 e. The molecule has 0 bridgehead atoms. The van der Waals surface area contributed by atoms with Crippen molar-refractivity contribution in [3.63, 3.8) is 0 Å². The van der Waals surface area contributed by atoms with Gasteiger partial charge < -0.3 is 19.2 Å². The first-order valence-corrected chi connectivity index (χ1v) is 2.68. The first-order valence-electron chi connectivity index (χ1n) is 0.894. The van der Waals surface area contributed by atoms with Crippen LogP contribution in [0.15, 0.2) is 0 Å². The summed E-state index contributed by atoms with van der Waals surface area (Å²) in [6.07, 6.45) is 0. The fourth-order valence-corrected chi connectivity index (χ4v) is 0. The summed E-state index contributed by atoms with van der Waals surface area (Å²) in [5.41, 5.74) is 0. The van der Waals surface area contributed by atoms with Crippen molar-refractivity contribution in [2.75, 3.05) is 0 Å². The molecular formula is H8BNaO4Si.